The van der Waals surface area contributed by atoms with Crippen molar-refractivity contribution in [2.45, 2.75) is 52.0 Å². The first-order valence-electron chi connectivity index (χ1n) is 11.4. The molecule has 0 saturated carbocycles. The minimum absolute atomic E-state index is 0.0896. The van der Waals surface area contributed by atoms with Crippen LogP contribution in [-0.2, 0) is 17.6 Å². The molecule has 1 aliphatic rings. The van der Waals surface area contributed by atoms with E-state index in [1.807, 2.05) is 47.9 Å². The highest BCUT2D eigenvalue weighted by atomic mass is 16.5. The Bertz CT molecular complexity index is 1180. The largest absolute Gasteiger partial charge is 0.381 e. The van der Waals surface area contributed by atoms with Gasteiger partial charge in [0.2, 0.25) is 0 Å². The number of hydrogen-bond acceptors (Lipinski definition) is 4. The SMILES string of the molecule is CCCc1nc(C)n(C2CCOCC2)c(=O)c1Cc1ccc(-c2ccccc2C#N)cc1. The molecular formula is C27H29N3O2. The van der Waals surface area contributed by atoms with Crippen LogP contribution in [0.5, 0.6) is 0 Å². The summed E-state index contributed by atoms with van der Waals surface area (Å²) < 4.78 is 7.39. The van der Waals surface area contributed by atoms with E-state index in [2.05, 4.69) is 25.1 Å². The number of aromatic nitrogens is 2. The van der Waals surface area contributed by atoms with Crippen LogP contribution in [0.2, 0.25) is 0 Å². The highest BCUT2D eigenvalue weighted by Gasteiger charge is 2.22. The summed E-state index contributed by atoms with van der Waals surface area (Å²) >= 11 is 0. The zero-order valence-corrected chi connectivity index (χ0v) is 18.8. The predicted molar refractivity (Wildman–Crippen MR) is 126 cm³/mol. The van der Waals surface area contributed by atoms with Crippen LogP contribution in [0, 0.1) is 18.3 Å². The molecule has 0 N–H and O–H groups in total. The summed E-state index contributed by atoms with van der Waals surface area (Å²) in [5.41, 5.74) is 5.46. The molecule has 0 bridgehead atoms. The van der Waals surface area contributed by atoms with E-state index in [-0.39, 0.29) is 11.6 Å². The lowest BCUT2D eigenvalue weighted by molar-refractivity contribution is 0.0676. The lowest BCUT2D eigenvalue weighted by Crippen LogP contribution is -2.35. The predicted octanol–water partition coefficient (Wildman–Crippen LogP) is 4.99. The smallest absolute Gasteiger partial charge is 0.257 e. The standard InChI is InChI=1S/C27H29N3O2/c1-3-6-26-25(27(31)30(19(2)29-26)23-13-15-32-16-14-23)17-20-9-11-21(12-10-20)24-8-5-4-7-22(24)18-28/h4-5,7-12,23H,3,6,13-17H2,1-2H3. The van der Waals surface area contributed by atoms with Gasteiger partial charge in [-0.25, -0.2) is 4.98 Å². The molecule has 164 valence electrons. The summed E-state index contributed by atoms with van der Waals surface area (Å²) in [6.45, 7) is 5.44. The van der Waals surface area contributed by atoms with Gasteiger partial charge in [0.05, 0.1) is 17.3 Å². The number of aryl methyl sites for hydroxylation is 2. The van der Waals surface area contributed by atoms with E-state index in [4.69, 9.17) is 9.72 Å². The molecule has 0 radical (unpaired) electrons. The van der Waals surface area contributed by atoms with Crippen molar-refractivity contribution in [3.8, 4) is 17.2 Å². The third-order valence-corrected chi connectivity index (χ3v) is 6.21. The molecule has 2 aromatic carbocycles. The fraction of sp³-hybridized carbons (Fsp3) is 0.370. The van der Waals surface area contributed by atoms with Crippen LogP contribution in [0.1, 0.15) is 60.4 Å². The second-order valence-corrected chi connectivity index (χ2v) is 8.38. The number of nitriles is 1. The van der Waals surface area contributed by atoms with Gasteiger partial charge in [-0.1, -0.05) is 55.8 Å². The van der Waals surface area contributed by atoms with Crippen molar-refractivity contribution in [3.63, 3.8) is 0 Å². The van der Waals surface area contributed by atoms with Crippen LogP contribution in [0.4, 0.5) is 0 Å². The first kappa shape index (κ1) is 22.0. The highest BCUT2D eigenvalue weighted by molar-refractivity contribution is 5.70. The molecule has 3 aromatic rings. The topological polar surface area (TPSA) is 67.9 Å². The Kier molecular flexibility index (Phi) is 6.82. The van der Waals surface area contributed by atoms with Crippen LogP contribution in [0.3, 0.4) is 0 Å². The molecule has 1 aromatic heterocycles. The van der Waals surface area contributed by atoms with Gasteiger partial charge < -0.3 is 4.74 Å². The van der Waals surface area contributed by atoms with Gasteiger partial charge in [-0.15, -0.1) is 0 Å². The maximum Gasteiger partial charge on any atom is 0.257 e. The van der Waals surface area contributed by atoms with Crippen molar-refractivity contribution >= 4 is 0 Å². The van der Waals surface area contributed by atoms with Crippen LogP contribution < -0.4 is 5.56 Å². The monoisotopic (exact) mass is 427 g/mol. The molecule has 0 atom stereocenters. The quantitative estimate of drug-likeness (QED) is 0.556. The van der Waals surface area contributed by atoms with Gasteiger partial charge in [-0.05, 0) is 48.9 Å². The van der Waals surface area contributed by atoms with Gasteiger partial charge in [-0.3, -0.25) is 9.36 Å². The summed E-state index contributed by atoms with van der Waals surface area (Å²) in [5, 5.41) is 9.39. The summed E-state index contributed by atoms with van der Waals surface area (Å²) in [4.78, 5) is 18.5. The number of nitrogens with zero attached hydrogens (tertiary/aromatic N) is 3. The summed E-state index contributed by atoms with van der Waals surface area (Å²) in [7, 11) is 0. The van der Waals surface area contributed by atoms with E-state index >= 15 is 0 Å². The summed E-state index contributed by atoms with van der Waals surface area (Å²) in [5.74, 6) is 0.803. The maximum absolute atomic E-state index is 13.6. The normalized spacial score (nSPS) is 14.3. The lowest BCUT2D eigenvalue weighted by atomic mass is 9.96. The first-order valence-corrected chi connectivity index (χ1v) is 11.4. The van der Waals surface area contributed by atoms with Crippen molar-refractivity contribution in [1.29, 1.82) is 5.26 Å². The van der Waals surface area contributed by atoms with E-state index in [0.29, 0.717) is 25.2 Å². The molecule has 5 nitrogen and oxygen atoms in total. The average molecular weight is 428 g/mol. The van der Waals surface area contributed by atoms with E-state index in [1.54, 1.807) is 0 Å². The molecule has 1 fully saturated rings. The van der Waals surface area contributed by atoms with Gasteiger partial charge in [0.15, 0.2) is 0 Å². The number of hydrogen-bond donors (Lipinski definition) is 0. The Hall–Kier alpha value is -3.23. The van der Waals surface area contributed by atoms with Crippen LogP contribution in [0.25, 0.3) is 11.1 Å². The number of ether oxygens (including phenoxy) is 1. The molecule has 0 amide bonds. The Labute approximate surface area is 189 Å². The molecule has 0 aliphatic carbocycles. The number of benzene rings is 2. The molecule has 0 spiro atoms. The van der Waals surface area contributed by atoms with E-state index in [1.165, 1.54) is 0 Å². The fourth-order valence-corrected chi connectivity index (χ4v) is 4.57. The van der Waals surface area contributed by atoms with Crippen LogP contribution in [0.15, 0.2) is 53.3 Å². The molecule has 1 aliphatic heterocycles. The Morgan fingerprint density at radius 1 is 1.12 bits per heavy atom. The lowest BCUT2D eigenvalue weighted by Gasteiger charge is -2.26. The second kappa shape index (κ2) is 9.93. The average Bonchev–Trinajstić information content (AvgIpc) is 2.83. The van der Waals surface area contributed by atoms with Crippen LogP contribution in [-0.4, -0.2) is 22.8 Å². The highest BCUT2D eigenvalue weighted by Crippen LogP contribution is 2.25. The Balaban J connectivity index is 1.68. The minimum atomic E-state index is 0.0896. The molecule has 32 heavy (non-hydrogen) atoms. The third-order valence-electron chi connectivity index (χ3n) is 6.21. The molecule has 2 heterocycles. The molecule has 1 saturated heterocycles. The Morgan fingerprint density at radius 2 is 1.84 bits per heavy atom. The fourth-order valence-electron chi connectivity index (χ4n) is 4.57. The van der Waals surface area contributed by atoms with Gasteiger partial charge in [-0.2, -0.15) is 5.26 Å². The van der Waals surface area contributed by atoms with Crippen molar-refractivity contribution in [1.82, 2.24) is 9.55 Å². The Morgan fingerprint density at radius 3 is 2.53 bits per heavy atom. The van der Waals surface area contributed by atoms with E-state index in [0.717, 1.165) is 59.5 Å². The van der Waals surface area contributed by atoms with Gasteiger partial charge >= 0.3 is 0 Å². The molecule has 0 unspecified atom stereocenters. The van der Waals surface area contributed by atoms with Crippen molar-refractivity contribution in [2.75, 3.05) is 13.2 Å². The van der Waals surface area contributed by atoms with Crippen molar-refractivity contribution in [3.05, 3.63) is 87.1 Å². The van der Waals surface area contributed by atoms with Crippen molar-refractivity contribution < 1.29 is 4.74 Å². The van der Waals surface area contributed by atoms with Gasteiger partial charge in [0, 0.05) is 31.2 Å². The summed E-state index contributed by atoms with van der Waals surface area (Å²) in [6.07, 6.45) is 4.01. The van der Waals surface area contributed by atoms with Gasteiger partial charge in [0.25, 0.3) is 5.56 Å². The summed E-state index contributed by atoms with van der Waals surface area (Å²) in [6, 6.07) is 18.2. The molecule has 4 rings (SSSR count). The second-order valence-electron chi connectivity index (χ2n) is 8.38. The molecule has 5 heteroatoms. The zero-order valence-electron chi connectivity index (χ0n) is 18.8. The third kappa shape index (κ3) is 4.51. The van der Waals surface area contributed by atoms with Gasteiger partial charge in [0.1, 0.15) is 5.82 Å². The first-order chi connectivity index (χ1) is 15.6. The molecular weight excluding hydrogens is 398 g/mol. The maximum atomic E-state index is 13.6. The van der Waals surface area contributed by atoms with Crippen LogP contribution >= 0.6 is 0 Å². The zero-order chi connectivity index (χ0) is 22.5. The van der Waals surface area contributed by atoms with Crippen molar-refractivity contribution in [2.24, 2.45) is 0 Å². The number of rotatable bonds is 6. The van der Waals surface area contributed by atoms with E-state index < -0.39 is 0 Å². The van der Waals surface area contributed by atoms with E-state index in [9.17, 15) is 10.1 Å². The minimum Gasteiger partial charge on any atom is -0.381 e.